The Balaban J connectivity index is 1.50. The largest absolute Gasteiger partial charge is 0.465 e. The molecule has 0 saturated carbocycles. The van der Waals surface area contributed by atoms with Crippen molar-refractivity contribution >= 4 is 40.0 Å². The molecule has 1 aromatic carbocycles. The third-order valence-electron chi connectivity index (χ3n) is 5.28. The number of fused-ring (bicyclic) bond motifs is 1. The van der Waals surface area contributed by atoms with Crippen molar-refractivity contribution in [3.63, 3.8) is 0 Å². The number of carbonyl (C=O) groups excluding carboxylic acids is 2. The SMILES string of the molecule is C=CCn1c(SCC(=O)Nc2sc3c(c2C(=O)OC)CCCC3)nnc1-c1ccc(F)cc1. The number of amides is 1. The predicted octanol–water partition coefficient (Wildman–Crippen LogP) is 4.73. The van der Waals surface area contributed by atoms with E-state index < -0.39 is 5.97 Å². The van der Waals surface area contributed by atoms with Gasteiger partial charge < -0.3 is 10.1 Å². The molecule has 10 heteroatoms. The summed E-state index contributed by atoms with van der Waals surface area (Å²) in [5.74, 6) is -0.354. The minimum absolute atomic E-state index is 0.0852. The molecule has 1 N–H and O–H groups in total. The van der Waals surface area contributed by atoms with E-state index in [1.165, 1.54) is 42.3 Å². The number of ether oxygens (including phenoxy) is 1. The first-order valence-electron chi connectivity index (χ1n) is 10.5. The van der Waals surface area contributed by atoms with Crippen molar-refractivity contribution in [1.82, 2.24) is 14.8 Å². The molecule has 2 heterocycles. The summed E-state index contributed by atoms with van der Waals surface area (Å²) in [6.45, 7) is 4.21. The Morgan fingerprint density at radius 2 is 2.03 bits per heavy atom. The average molecular weight is 487 g/mol. The summed E-state index contributed by atoms with van der Waals surface area (Å²) in [7, 11) is 1.35. The minimum atomic E-state index is -0.424. The summed E-state index contributed by atoms with van der Waals surface area (Å²) in [5, 5.41) is 12.4. The van der Waals surface area contributed by atoms with E-state index in [1.54, 1.807) is 18.2 Å². The number of aryl methyl sites for hydroxylation is 1. The Morgan fingerprint density at radius 3 is 2.76 bits per heavy atom. The second kappa shape index (κ2) is 10.3. The van der Waals surface area contributed by atoms with Crippen molar-refractivity contribution in [2.45, 2.75) is 37.4 Å². The van der Waals surface area contributed by atoms with Crippen molar-refractivity contribution < 1.29 is 18.7 Å². The van der Waals surface area contributed by atoms with Crippen LogP contribution in [0.3, 0.4) is 0 Å². The fourth-order valence-corrected chi connectivity index (χ4v) is 5.81. The number of nitrogens with zero attached hydrogens (tertiary/aromatic N) is 3. The highest BCUT2D eigenvalue weighted by atomic mass is 32.2. The number of thiophene rings is 1. The lowest BCUT2D eigenvalue weighted by Crippen LogP contribution is -2.17. The summed E-state index contributed by atoms with van der Waals surface area (Å²) >= 11 is 2.68. The van der Waals surface area contributed by atoms with E-state index in [0.29, 0.717) is 33.7 Å². The molecule has 1 aliphatic rings. The summed E-state index contributed by atoms with van der Waals surface area (Å²) in [5.41, 5.74) is 2.19. The van der Waals surface area contributed by atoms with Crippen LogP contribution in [0.25, 0.3) is 11.4 Å². The Kier molecular flexibility index (Phi) is 7.24. The third-order valence-corrected chi connectivity index (χ3v) is 7.45. The Morgan fingerprint density at radius 1 is 1.27 bits per heavy atom. The van der Waals surface area contributed by atoms with Gasteiger partial charge in [-0.05, 0) is 55.5 Å². The van der Waals surface area contributed by atoms with Crippen LogP contribution in [0.1, 0.15) is 33.6 Å². The van der Waals surface area contributed by atoms with Crippen LogP contribution in [0.15, 0.2) is 42.1 Å². The molecular formula is C23H23FN4O3S2. The predicted molar refractivity (Wildman–Crippen MR) is 127 cm³/mol. The van der Waals surface area contributed by atoms with Crippen LogP contribution < -0.4 is 5.32 Å². The topological polar surface area (TPSA) is 86.1 Å². The number of benzene rings is 1. The molecule has 33 heavy (non-hydrogen) atoms. The number of rotatable bonds is 8. The number of allylic oxidation sites excluding steroid dienone is 1. The molecule has 0 bridgehead atoms. The van der Waals surface area contributed by atoms with Gasteiger partial charge in [-0.3, -0.25) is 9.36 Å². The lowest BCUT2D eigenvalue weighted by Gasteiger charge is -2.11. The monoisotopic (exact) mass is 486 g/mol. The van der Waals surface area contributed by atoms with Crippen LogP contribution in [-0.2, 0) is 28.9 Å². The van der Waals surface area contributed by atoms with Crippen LogP contribution in [0, 0.1) is 5.82 Å². The fraction of sp³-hybridized carbons (Fsp3) is 0.304. The van der Waals surface area contributed by atoms with Crippen LogP contribution in [-0.4, -0.2) is 39.5 Å². The Hall–Kier alpha value is -2.98. The molecule has 3 aromatic rings. The lowest BCUT2D eigenvalue weighted by molar-refractivity contribution is -0.113. The molecule has 1 amide bonds. The number of methoxy groups -OCH3 is 1. The lowest BCUT2D eigenvalue weighted by atomic mass is 9.95. The zero-order valence-electron chi connectivity index (χ0n) is 18.1. The van der Waals surface area contributed by atoms with Crippen LogP contribution in [0.4, 0.5) is 9.39 Å². The van der Waals surface area contributed by atoms with Gasteiger partial charge in [0.2, 0.25) is 5.91 Å². The standard InChI is InChI=1S/C23H23FN4O3S2/c1-3-12-28-20(14-8-10-15(24)11-9-14)26-27-23(28)32-13-18(29)25-21-19(22(30)31-2)16-6-4-5-7-17(16)33-21/h3,8-11H,1,4-7,12-13H2,2H3,(H,25,29). The van der Waals surface area contributed by atoms with Gasteiger partial charge in [0.1, 0.15) is 10.8 Å². The van der Waals surface area contributed by atoms with Gasteiger partial charge in [0.25, 0.3) is 0 Å². The highest BCUT2D eigenvalue weighted by molar-refractivity contribution is 7.99. The number of carbonyl (C=O) groups is 2. The second-order valence-corrected chi connectivity index (χ2v) is 9.50. The van der Waals surface area contributed by atoms with E-state index in [-0.39, 0.29) is 17.5 Å². The summed E-state index contributed by atoms with van der Waals surface area (Å²) < 4.78 is 20.1. The molecule has 0 atom stereocenters. The fourth-order valence-electron chi connectivity index (χ4n) is 3.77. The van der Waals surface area contributed by atoms with Crippen molar-refractivity contribution in [3.05, 3.63) is 58.7 Å². The number of anilines is 1. The van der Waals surface area contributed by atoms with Gasteiger partial charge in [-0.1, -0.05) is 17.8 Å². The number of hydrogen-bond acceptors (Lipinski definition) is 7. The van der Waals surface area contributed by atoms with Gasteiger partial charge in [-0.15, -0.1) is 28.1 Å². The van der Waals surface area contributed by atoms with Crippen molar-refractivity contribution in [2.75, 3.05) is 18.2 Å². The van der Waals surface area contributed by atoms with Crippen LogP contribution in [0.2, 0.25) is 0 Å². The first kappa shape index (κ1) is 23.2. The molecule has 0 spiro atoms. The molecule has 7 nitrogen and oxygen atoms in total. The normalized spacial score (nSPS) is 12.8. The molecule has 1 aliphatic carbocycles. The first-order chi connectivity index (χ1) is 16.0. The highest BCUT2D eigenvalue weighted by Crippen LogP contribution is 2.38. The van der Waals surface area contributed by atoms with E-state index in [9.17, 15) is 14.0 Å². The summed E-state index contributed by atoms with van der Waals surface area (Å²) in [6.07, 6.45) is 5.53. The summed E-state index contributed by atoms with van der Waals surface area (Å²) in [6, 6.07) is 5.99. The molecule has 0 fully saturated rings. The van der Waals surface area contributed by atoms with Crippen molar-refractivity contribution in [3.8, 4) is 11.4 Å². The Labute approximate surface area is 199 Å². The smallest absolute Gasteiger partial charge is 0.341 e. The molecule has 0 saturated heterocycles. The number of halogens is 1. The molecule has 2 aromatic heterocycles. The first-order valence-corrected chi connectivity index (χ1v) is 12.3. The van der Waals surface area contributed by atoms with Gasteiger partial charge in [0, 0.05) is 17.0 Å². The second-order valence-electron chi connectivity index (χ2n) is 7.46. The van der Waals surface area contributed by atoms with Crippen LogP contribution >= 0.6 is 23.1 Å². The maximum absolute atomic E-state index is 13.3. The molecular weight excluding hydrogens is 463 g/mol. The highest BCUT2D eigenvalue weighted by Gasteiger charge is 2.27. The van der Waals surface area contributed by atoms with Crippen molar-refractivity contribution in [1.29, 1.82) is 0 Å². The maximum Gasteiger partial charge on any atom is 0.341 e. The molecule has 4 rings (SSSR count). The zero-order valence-corrected chi connectivity index (χ0v) is 19.7. The van der Waals surface area contributed by atoms with E-state index in [0.717, 1.165) is 36.1 Å². The van der Waals surface area contributed by atoms with E-state index >= 15 is 0 Å². The summed E-state index contributed by atoms with van der Waals surface area (Å²) in [4.78, 5) is 26.3. The Bertz CT molecular complexity index is 1190. The van der Waals surface area contributed by atoms with Gasteiger partial charge in [-0.25, -0.2) is 9.18 Å². The molecule has 172 valence electrons. The third kappa shape index (κ3) is 5.01. The maximum atomic E-state index is 13.3. The van der Waals surface area contributed by atoms with E-state index in [4.69, 9.17) is 4.74 Å². The van der Waals surface area contributed by atoms with Gasteiger partial charge in [0.05, 0.1) is 18.4 Å². The quantitative estimate of drug-likeness (QED) is 0.282. The molecule has 0 aliphatic heterocycles. The number of nitrogens with one attached hydrogen (secondary N) is 1. The van der Waals surface area contributed by atoms with Gasteiger partial charge >= 0.3 is 5.97 Å². The number of hydrogen-bond donors (Lipinski definition) is 1. The number of thioether (sulfide) groups is 1. The van der Waals surface area contributed by atoms with Gasteiger partial charge in [-0.2, -0.15) is 0 Å². The molecule has 0 radical (unpaired) electrons. The number of esters is 1. The average Bonchev–Trinajstić information content (AvgIpc) is 3.39. The van der Waals surface area contributed by atoms with Crippen LogP contribution in [0.5, 0.6) is 0 Å². The molecule has 0 unspecified atom stereocenters. The van der Waals surface area contributed by atoms with Gasteiger partial charge in [0.15, 0.2) is 11.0 Å². The zero-order chi connectivity index (χ0) is 23.4. The van der Waals surface area contributed by atoms with Crippen molar-refractivity contribution in [2.24, 2.45) is 0 Å². The van der Waals surface area contributed by atoms with E-state index in [2.05, 4.69) is 22.1 Å². The van der Waals surface area contributed by atoms with E-state index in [1.807, 2.05) is 4.57 Å². The number of aromatic nitrogens is 3. The minimum Gasteiger partial charge on any atom is -0.465 e.